The highest BCUT2D eigenvalue weighted by atomic mass is 35.5. The third-order valence-electron chi connectivity index (χ3n) is 11.3. The second kappa shape index (κ2) is 30.6. The summed E-state index contributed by atoms with van der Waals surface area (Å²) in [6.07, 6.45) is 1.84. The lowest BCUT2D eigenvalue weighted by Crippen LogP contribution is -2.24. The molecule has 0 bridgehead atoms. The van der Waals surface area contributed by atoms with Crippen LogP contribution >= 0.6 is 46.4 Å². The predicted octanol–water partition coefficient (Wildman–Crippen LogP) is 10.6. The summed E-state index contributed by atoms with van der Waals surface area (Å²) in [6.45, 7) is 1.52. The maximum absolute atomic E-state index is 12.6. The fourth-order valence-electron chi connectivity index (χ4n) is 7.53. The summed E-state index contributed by atoms with van der Waals surface area (Å²) in [5.74, 6) is 0.798. The average molecular weight is 1170 g/mol. The quantitative estimate of drug-likeness (QED) is 0.0471. The Morgan fingerprint density at radius 2 is 0.975 bits per heavy atom. The molecule has 0 saturated heterocycles. The molecule has 420 valence electrons. The predicted molar refractivity (Wildman–Crippen MR) is 318 cm³/mol. The van der Waals surface area contributed by atoms with Gasteiger partial charge in [-0.25, -0.2) is 9.59 Å². The summed E-state index contributed by atoms with van der Waals surface area (Å²) in [4.78, 5) is 75.2. The Hall–Kier alpha value is -8.50. The van der Waals surface area contributed by atoms with Gasteiger partial charge in [-0.15, -0.1) is 0 Å². The number of halogens is 4. The molecule has 21 nitrogen and oxygen atoms in total. The van der Waals surface area contributed by atoms with Gasteiger partial charge in [-0.1, -0.05) is 95.1 Å². The summed E-state index contributed by atoms with van der Waals surface area (Å²) in [7, 11) is 6.38. The molecule has 3 aromatic heterocycles. The molecule has 0 fully saturated rings. The minimum Gasteiger partial charge on any atom is -0.465 e. The van der Waals surface area contributed by atoms with Crippen LogP contribution in [0.15, 0.2) is 121 Å². The first kappa shape index (κ1) is 64.0. The maximum atomic E-state index is 12.6. The number of fused-ring (bicyclic) bond motifs is 1. The number of nitrogens with two attached hydrogens (primary N) is 2. The summed E-state index contributed by atoms with van der Waals surface area (Å²) in [6, 6.07) is 37.2. The summed E-state index contributed by atoms with van der Waals surface area (Å²) in [5.41, 5.74) is 20.1. The number of methoxy groups -OCH3 is 2. The Bertz CT molecular complexity index is 3260. The molecule has 0 atom stereocenters. The number of ether oxygens (including phenoxy) is 2. The Balaban J connectivity index is 0.000000271. The van der Waals surface area contributed by atoms with Crippen LogP contribution in [0.2, 0.25) is 21.1 Å². The van der Waals surface area contributed by atoms with E-state index in [-0.39, 0.29) is 79.2 Å². The maximum Gasteiger partial charge on any atom is 0.337 e. The number of nitrogens with zero attached hydrogens (tertiary/aromatic N) is 11. The lowest BCUT2D eigenvalue weighted by Gasteiger charge is -2.19. The molecule has 8 aromatic rings. The van der Waals surface area contributed by atoms with Gasteiger partial charge in [0.2, 0.25) is 50.9 Å². The van der Waals surface area contributed by atoms with Gasteiger partial charge in [-0.2, -0.15) is 44.9 Å². The van der Waals surface area contributed by atoms with Crippen LogP contribution in [0, 0.1) is 0 Å². The number of esters is 2. The number of nitrogen functional groups attached to an aromatic ring is 2. The molecule has 7 N–H and O–H groups in total. The van der Waals surface area contributed by atoms with Crippen molar-refractivity contribution in [1.29, 1.82) is 0 Å². The highest BCUT2D eigenvalue weighted by Gasteiger charge is 2.22. The van der Waals surface area contributed by atoms with E-state index in [2.05, 4.69) is 94.5 Å². The number of nitrogens with one attached hydrogen (secondary N) is 3. The smallest absolute Gasteiger partial charge is 0.337 e. The number of hydrogen-bond donors (Lipinski definition) is 5. The zero-order chi connectivity index (χ0) is 55.0. The zero-order valence-electron chi connectivity index (χ0n) is 41.8. The van der Waals surface area contributed by atoms with Crippen molar-refractivity contribution >= 4 is 105 Å². The van der Waals surface area contributed by atoms with E-state index in [4.69, 9.17) is 57.9 Å². The number of carbonyl (C=O) groups is 3. The Labute approximate surface area is 484 Å². The van der Waals surface area contributed by atoms with Gasteiger partial charge >= 0.3 is 11.9 Å². The number of aromatic nitrogens is 9. The van der Waals surface area contributed by atoms with Gasteiger partial charge < -0.3 is 46.7 Å². The molecule has 0 aliphatic heterocycles. The number of anilines is 7. The molecule has 25 heteroatoms. The van der Waals surface area contributed by atoms with Gasteiger partial charge in [0.05, 0.1) is 36.7 Å². The second-order valence-electron chi connectivity index (χ2n) is 16.9. The van der Waals surface area contributed by atoms with Crippen molar-refractivity contribution in [2.24, 2.45) is 0 Å². The van der Waals surface area contributed by atoms with E-state index in [0.29, 0.717) is 65.5 Å². The summed E-state index contributed by atoms with van der Waals surface area (Å²) in [5, 5.41) is 9.33. The molecular weight excluding hydrogens is 1110 g/mol. The highest BCUT2D eigenvalue weighted by Crippen LogP contribution is 2.25. The van der Waals surface area contributed by atoms with Gasteiger partial charge in [0.1, 0.15) is 0 Å². The van der Waals surface area contributed by atoms with Crippen LogP contribution in [0.1, 0.15) is 81.2 Å². The van der Waals surface area contributed by atoms with E-state index in [9.17, 15) is 14.4 Å². The fourth-order valence-corrected chi connectivity index (χ4v) is 8.25. The molecule has 0 saturated carbocycles. The SMILES string of the molecule is C.C.C.CN(Cc1ccc(C(=O)Nc2ccccc2N)cc1)c1nc(N)nc(NC2Cc3ccccc3C2)n1.COC(=O)c1ccc(CN(C)c2nc(Cl)nc(Cl)n2)cc1.COC(=O)c1ccc(CNc2nc(Cl)nc(Cl)n2)cc1. The van der Waals surface area contributed by atoms with Crippen LogP contribution < -0.4 is 37.2 Å². The van der Waals surface area contributed by atoms with Gasteiger partial charge in [0, 0.05) is 45.3 Å². The second-order valence-corrected chi connectivity index (χ2v) is 18.2. The fraction of sp³-hybridized carbons (Fsp3) is 0.236. The van der Waals surface area contributed by atoms with Gasteiger partial charge in [0.15, 0.2) is 0 Å². The molecule has 1 aliphatic rings. The number of amides is 1. The molecule has 5 aromatic carbocycles. The Morgan fingerprint density at radius 1 is 0.537 bits per heavy atom. The minimum atomic E-state index is -0.375. The van der Waals surface area contributed by atoms with Gasteiger partial charge in [-0.05, 0) is 136 Å². The van der Waals surface area contributed by atoms with E-state index in [0.717, 1.165) is 29.5 Å². The third-order valence-corrected chi connectivity index (χ3v) is 12.0. The van der Waals surface area contributed by atoms with Gasteiger partial charge in [0.25, 0.3) is 5.91 Å². The first-order chi connectivity index (χ1) is 37.0. The van der Waals surface area contributed by atoms with Crippen molar-refractivity contribution in [3.63, 3.8) is 0 Å². The number of rotatable bonds is 15. The van der Waals surface area contributed by atoms with Crippen molar-refractivity contribution in [1.82, 2.24) is 44.9 Å². The van der Waals surface area contributed by atoms with Crippen LogP contribution in [-0.4, -0.2) is 97.1 Å². The van der Waals surface area contributed by atoms with Crippen LogP contribution in [0.5, 0.6) is 0 Å². The van der Waals surface area contributed by atoms with E-state index >= 15 is 0 Å². The lowest BCUT2D eigenvalue weighted by atomic mass is 10.1. The Kier molecular flexibility index (Phi) is 24.5. The molecule has 0 radical (unpaired) electrons. The first-order valence-corrected chi connectivity index (χ1v) is 24.8. The van der Waals surface area contributed by atoms with E-state index in [1.165, 1.54) is 25.3 Å². The Morgan fingerprint density at radius 3 is 1.46 bits per heavy atom. The zero-order valence-corrected chi connectivity index (χ0v) is 44.8. The van der Waals surface area contributed by atoms with Crippen molar-refractivity contribution in [3.05, 3.63) is 187 Å². The molecule has 1 amide bonds. The van der Waals surface area contributed by atoms with Crippen LogP contribution in [-0.2, 0) is 41.9 Å². The van der Waals surface area contributed by atoms with E-state index < -0.39 is 0 Å². The summed E-state index contributed by atoms with van der Waals surface area (Å²) >= 11 is 22.8. The van der Waals surface area contributed by atoms with Crippen LogP contribution in [0.25, 0.3) is 0 Å². The van der Waals surface area contributed by atoms with E-state index in [1.807, 2.05) is 48.3 Å². The molecule has 0 spiro atoms. The highest BCUT2D eigenvalue weighted by molar-refractivity contribution is 6.31. The number of carbonyl (C=O) groups excluding carboxylic acids is 3. The number of para-hydroxylation sites is 2. The topological polar surface area (TPSA) is 280 Å². The molecular formula is C55H62Cl4N16O5. The lowest BCUT2D eigenvalue weighted by molar-refractivity contribution is 0.0592. The van der Waals surface area contributed by atoms with Crippen molar-refractivity contribution in [2.45, 2.75) is 60.8 Å². The standard InChI is InChI=1S/C27H28N8O.C13H12Cl2N4O2.C12H10Cl2N4O2.3CH4/c1-35(16-17-10-12-18(13-11-17)24(36)31-23-9-5-4-8-22(23)28)27-33-25(29)32-26(34-27)30-21-14-19-6-2-3-7-20(19)15-21;1-19(13-17-11(14)16-12(15)18-13)7-8-3-5-9(6-4-8)10(20)21-2;1-20-9(19)8-4-2-7(3-5-8)6-15-12-17-10(13)16-11(14)18-12;;;/h2-13,21H,14-16,28H2,1H3,(H,31,36)(H3,29,30,32,33,34);3-6H,7H2,1-2H3;2-5H,6H2,1H3,(H,15,16,17,18);3*1H4. The molecule has 1 aliphatic carbocycles. The number of benzene rings is 5. The van der Waals surface area contributed by atoms with Crippen molar-refractivity contribution in [3.8, 4) is 0 Å². The first-order valence-electron chi connectivity index (χ1n) is 23.3. The largest absolute Gasteiger partial charge is 0.465 e. The number of hydrogen-bond acceptors (Lipinski definition) is 20. The molecule has 80 heavy (non-hydrogen) atoms. The minimum absolute atomic E-state index is 0. The van der Waals surface area contributed by atoms with Gasteiger partial charge in [-0.3, -0.25) is 4.79 Å². The van der Waals surface area contributed by atoms with Crippen molar-refractivity contribution in [2.75, 3.05) is 65.5 Å². The molecule has 9 rings (SSSR count). The normalized spacial score (nSPS) is 10.9. The average Bonchev–Trinajstić information content (AvgIpc) is 3.83. The monoisotopic (exact) mass is 1170 g/mol. The van der Waals surface area contributed by atoms with Crippen LogP contribution in [0.3, 0.4) is 0 Å². The third kappa shape index (κ3) is 18.6. The molecule has 0 unspecified atom stereocenters. The summed E-state index contributed by atoms with van der Waals surface area (Å²) < 4.78 is 9.27. The van der Waals surface area contributed by atoms with Crippen molar-refractivity contribution < 1.29 is 23.9 Å². The van der Waals surface area contributed by atoms with E-state index in [1.54, 1.807) is 72.6 Å². The molecule has 3 heterocycles. The van der Waals surface area contributed by atoms with Crippen LogP contribution in [0.4, 0.5) is 41.1 Å².